The van der Waals surface area contributed by atoms with Gasteiger partial charge in [-0.05, 0) is 12.1 Å². The first-order chi connectivity index (χ1) is 14.8. The monoisotopic (exact) mass is 510 g/mol. The van der Waals surface area contributed by atoms with Gasteiger partial charge in [0.15, 0.2) is 5.82 Å². The van der Waals surface area contributed by atoms with Gasteiger partial charge in [0.1, 0.15) is 5.69 Å². The Hall–Kier alpha value is -2.55. The van der Waals surface area contributed by atoms with Gasteiger partial charge in [0, 0.05) is 63.3 Å². The molecule has 4 rings (SSSR count). The van der Waals surface area contributed by atoms with Gasteiger partial charge in [0.25, 0.3) is 5.91 Å². The third kappa shape index (κ3) is 6.03. The number of hydrogen-bond donors (Lipinski definition) is 2. The predicted octanol–water partition coefficient (Wildman–Crippen LogP) is 4.64. The van der Waals surface area contributed by atoms with Crippen molar-refractivity contribution < 1.29 is 46.7 Å². The largest absolute Gasteiger partial charge is 0.699 e. The van der Waals surface area contributed by atoms with Crippen LogP contribution in [0.25, 0.3) is 27.5 Å². The first-order valence-electron chi connectivity index (χ1n) is 9.75. The van der Waals surface area contributed by atoms with Crippen LogP contribution in [0.15, 0.2) is 48.5 Å². The molecule has 1 aromatic heterocycles. The molecule has 165 valence electrons. The van der Waals surface area contributed by atoms with E-state index in [0.717, 1.165) is 18.5 Å². The van der Waals surface area contributed by atoms with Gasteiger partial charge in [-0.25, -0.2) is 4.39 Å². The predicted molar refractivity (Wildman–Crippen MR) is 121 cm³/mol. The molecule has 2 aromatic carbocycles. The van der Waals surface area contributed by atoms with E-state index in [-0.39, 0.29) is 44.4 Å². The van der Waals surface area contributed by atoms with Crippen LogP contribution in [0.5, 0.6) is 0 Å². The molecule has 0 saturated carbocycles. The average Bonchev–Trinajstić information content (AvgIpc) is 3.20. The summed E-state index contributed by atoms with van der Waals surface area (Å²) in [6.07, 6.45) is 2.88. The summed E-state index contributed by atoms with van der Waals surface area (Å²) >= 11 is 0. The number of carbonyl (C=O) groups is 2. The van der Waals surface area contributed by atoms with Gasteiger partial charge in [-0.15, -0.1) is 18.8 Å². The SMILES string of the molecule is CN(C)C(=O)c1cc2ccc(C3=CCC[N-]C3)c(F)c2[nH]1.[NH-]c1cccc(C(N)=O)c1.[Y]. The van der Waals surface area contributed by atoms with Crippen LogP contribution in [-0.2, 0) is 32.7 Å². The fraction of sp³-hybridized carbons (Fsp3) is 0.217. The molecule has 3 aromatic rings. The van der Waals surface area contributed by atoms with Gasteiger partial charge in [-0.2, -0.15) is 0 Å². The number of amides is 2. The molecule has 1 radical (unpaired) electrons. The first-order valence-corrected chi connectivity index (χ1v) is 9.75. The molecule has 2 heterocycles. The van der Waals surface area contributed by atoms with Crippen molar-refractivity contribution in [3.05, 3.63) is 82.2 Å². The summed E-state index contributed by atoms with van der Waals surface area (Å²) in [5.74, 6) is -0.971. The van der Waals surface area contributed by atoms with E-state index < -0.39 is 5.91 Å². The smallest absolute Gasteiger partial charge is 0.269 e. The van der Waals surface area contributed by atoms with E-state index >= 15 is 0 Å². The molecule has 0 unspecified atom stereocenters. The number of nitrogens with two attached hydrogens (primary N) is 1. The number of aromatic nitrogens is 1. The minimum absolute atomic E-state index is 0. The number of H-pyrrole nitrogens is 1. The van der Waals surface area contributed by atoms with E-state index in [9.17, 15) is 14.0 Å². The van der Waals surface area contributed by atoms with Gasteiger partial charge in [-0.3, -0.25) is 9.59 Å². The van der Waals surface area contributed by atoms with E-state index in [2.05, 4.69) is 10.3 Å². The Morgan fingerprint density at radius 3 is 2.50 bits per heavy atom. The molecule has 32 heavy (non-hydrogen) atoms. The molecule has 7 nitrogen and oxygen atoms in total. The summed E-state index contributed by atoms with van der Waals surface area (Å²) in [5, 5.41) is 5.01. The summed E-state index contributed by atoms with van der Waals surface area (Å²) in [6, 6.07) is 11.5. The summed E-state index contributed by atoms with van der Waals surface area (Å²) in [6.45, 7) is 1.35. The maximum atomic E-state index is 14.7. The zero-order chi connectivity index (χ0) is 22.5. The second kappa shape index (κ2) is 11.4. The first kappa shape index (κ1) is 25.7. The van der Waals surface area contributed by atoms with Crippen LogP contribution < -0.4 is 5.73 Å². The fourth-order valence-electron chi connectivity index (χ4n) is 3.23. The van der Waals surface area contributed by atoms with E-state index in [4.69, 9.17) is 11.5 Å². The van der Waals surface area contributed by atoms with Crippen LogP contribution in [0, 0.1) is 5.82 Å². The number of primary amides is 1. The molecule has 1 aliphatic rings. The zero-order valence-corrected chi connectivity index (χ0v) is 20.8. The molecule has 0 atom stereocenters. The summed E-state index contributed by atoms with van der Waals surface area (Å²) in [4.78, 5) is 26.8. The Kier molecular flexibility index (Phi) is 9.13. The second-order valence-electron chi connectivity index (χ2n) is 7.34. The van der Waals surface area contributed by atoms with Crippen LogP contribution in [0.2, 0.25) is 0 Å². The van der Waals surface area contributed by atoms with E-state index in [1.165, 1.54) is 11.0 Å². The number of fused-ring (bicyclic) bond motifs is 1. The number of halogens is 1. The quantitative estimate of drug-likeness (QED) is 0.534. The zero-order valence-electron chi connectivity index (χ0n) is 18.0. The van der Waals surface area contributed by atoms with Crippen molar-refractivity contribution in [3.8, 4) is 0 Å². The molecule has 0 fully saturated rings. The van der Waals surface area contributed by atoms with Gasteiger partial charge in [0.05, 0.1) is 5.52 Å². The standard InChI is InChI=1S/C16H17FN3O.C7H7N2O.Y/c1-20(2)16(21)13-8-10-5-6-12(14(17)15(10)19-13)11-4-3-7-18-9-11;8-6-3-1-2-5(4-6)7(9)10;/h4-6,8,19H,3,7,9H2,1-2H3;1-4,8H,(H2,9,10);/q2*-1;. The number of nitrogens with zero attached hydrogens (tertiary/aromatic N) is 2. The molecule has 9 heteroatoms. The Labute approximate surface area is 211 Å². The third-order valence-electron chi connectivity index (χ3n) is 4.82. The Balaban J connectivity index is 0.000000280. The Morgan fingerprint density at radius 2 is 1.94 bits per heavy atom. The molecule has 0 spiro atoms. The van der Waals surface area contributed by atoms with Crippen molar-refractivity contribution >= 4 is 34.0 Å². The van der Waals surface area contributed by atoms with Gasteiger partial charge < -0.3 is 26.7 Å². The molecular formula is C23H24FN5O2Y-2. The summed E-state index contributed by atoms with van der Waals surface area (Å²) in [7, 11) is 3.34. The molecule has 1 aliphatic heterocycles. The normalized spacial score (nSPS) is 12.8. The van der Waals surface area contributed by atoms with Crippen molar-refractivity contribution in [3.63, 3.8) is 0 Å². The fourth-order valence-corrected chi connectivity index (χ4v) is 3.23. The van der Waals surface area contributed by atoms with Crippen LogP contribution in [0.3, 0.4) is 0 Å². The van der Waals surface area contributed by atoms with Crippen LogP contribution in [0.4, 0.5) is 10.1 Å². The average molecular weight is 510 g/mol. The molecular weight excluding hydrogens is 486 g/mol. The van der Waals surface area contributed by atoms with Crippen molar-refractivity contribution in [2.45, 2.75) is 6.42 Å². The van der Waals surface area contributed by atoms with Crippen molar-refractivity contribution in [2.75, 3.05) is 27.2 Å². The third-order valence-corrected chi connectivity index (χ3v) is 4.82. The Bertz CT molecular complexity index is 1160. The maximum absolute atomic E-state index is 14.7. The van der Waals surface area contributed by atoms with Gasteiger partial charge in [-0.1, -0.05) is 48.4 Å². The van der Waals surface area contributed by atoms with E-state index in [1.807, 2.05) is 12.1 Å². The van der Waals surface area contributed by atoms with Crippen molar-refractivity contribution in [1.82, 2.24) is 9.88 Å². The van der Waals surface area contributed by atoms with Crippen LogP contribution >= 0.6 is 0 Å². The minimum Gasteiger partial charge on any atom is -0.699 e. The van der Waals surface area contributed by atoms with Crippen molar-refractivity contribution in [2.24, 2.45) is 5.73 Å². The van der Waals surface area contributed by atoms with Crippen LogP contribution in [-0.4, -0.2) is 48.9 Å². The number of aromatic amines is 1. The number of nitrogens with one attached hydrogen (secondary N) is 2. The number of benzene rings is 2. The molecule has 0 aliphatic carbocycles. The Morgan fingerprint density at radius 1 is 1.19 bits per heavy atom. The second-order valence-corrected chi connectivity index (χ2v) is 7.34. The van der Waals surface area contributed by atoms with Gasteiger partial charge in [0.2, 0.25) is 5.91 Å². The maximum Gasteiger partial charge on any atom is 0.269 e. The van der Waals surface area contributed by atoms with E-state index in [0.29, 0.717) is 40.0 Å². The minimum atomic E-state index is -0.492. The van der Waals surface area contributed by atoms with E-state index in [1.54, 1.807) is 44.4 Å². The summed E-state index contributed by atoms with van der Waals surface area (Å²) in [5.41, 5.74) is 15.0. The van der Waals surface area contributed by atoms with Crippen LogP contribution in [0.1, 0.15) is 32.8 Å². The molecule has 0 bridgehead atoms. The molecule has 4 N–H and O–H groups in total. The van der Waals surface area contributed by atoms with Gasteiger partial charge >= 0.3 is 0 Å². The summed E-state index contributed by atoms with van der Waals surface area (Å²) < 4.78 is 14.7. The molecule has 0 saturated heterocycles. The molecule has 2 amide bonds. The topological polar surface area (TPSA) is 117 Å². The number of rotatable bonds is 3. The number of hydrogen-bond acceptors (Lipinski definition) is 2. The number of carbonyl (C=O) groups excluding carboxylic acids is 2. The van der Waals surface area contributed by atoms with Crippen molar-refractivity contribution in [1.29, 1.82) is 0 Å².